The van der Waals surface area contributed by atoms with Gasteiger partial charge in [-0.2, -0.15) is 0 Å². The van der Waals surface area contributed by atoms with Crippen molar-refractivity contribution in [3.05, 3.63) is 29.6 Å². The molecule has 5 nitrogen and oxygen atoms in total. The SMILES string of the molecule is O=S(=O)(NCCCOCC1CC1)c1cc(CO)ccc1F. The number of sulfonamides is 1. The van der Waals surface area contributed by atoms with Crippen molar-refractivity contribution in [2.24, 2.45) is 5.92 Å². The highest BCUT2D eigenvalue weighted by atomic mass is 32.2. The summed E-state index contributed by atoms with van der Waals surface area (Å²) in [6, 6.07) is 3.53. The Morgan fingerprint density at radius 1 is 1.38 bits per heavy atom. The lowest BCUT2D eigenvalue weighted by Gasteiger charge is -2.09. The molecule has 0 aliphatic heterocycles. The Morgan fingerprint density at radius 2 is 2.14 bits per heavy atom. The number of hydrogen-bond acceptors (Lipinski definition) is 4. The number of rotatable bonds is 9. The molecule has 21 heavy (non-hydrogen) atoms. The third kappa shape index (κ3) is 5.03. The summed E-state index contributed by atoms with van der Waals surface area (Å²) in [5, 5.41) is 8.99. The van der Waals surface area contributed by atoms with E-state index in [2.05, 4.69) is 4.72 Å². The maximum atomic E-state index is 13.6. The van der Waals surface area contributed by atoms with Crippen molar-refractivity contribution in [1.29, 1.82) is 0 Å². The highest BCUT2D eigenvalue weighted by Crippen LogP contribution is 2.28. The van der Waals surface area contributed by atoms with Gasteiger partial charge in [-0.05, 0) is 42.9 Å². The van der Waals surface area contributed by atoms with Gasteiger partial charge in [-0.3, -0.25) is 0 Å². The van der Waals surface area contributed by atoms with Crippen LogP contribution in [-0.4, -0.2) is 33.3 Å². The Morgan fingerprint density at radius 3 is 2.81 bits per heavy atom. The van der Waals surface area contributed by atoms with Crippen LogP contribution in [0.3, 0.4) is 0 Å². The highest BCUT2D eigenvalue weighted by Gasteiger charge is 2.21. The van der Waals surface area contributed by atoms with Crippen LogP contribution >= 0.6 is 0 Å². The van der Waals surface area contributed by atoms with Gasteiger partial charge in [-0.25, -0.2) is 17.5 Å². The summed E-state index contributed by atoms with van der Waals surface area (Å²) < 4.78 is 45.3. The van der Waals surface area contributed by atoms with Crippen molar-refractivity contribution >= 4 is 10.0 Å². The van der Waals surface area contributed by atoms with Gasteiger partial charge in [0.25, 0.3) is 0 Å². The fourth-order valence-electron chi connectivity index (χ4n) is 1.85. The van der Waals surface area contributed by atoms with Crippen LogP contribution in [0.5, 0.6) is 0 Å². The van der Waals surface area contributed by atoms with Crippen molar-refractivity contribution in [1.82, 2.24) is 4.72 Å². The van der Waals surface area contributed by atoms with Gasteiger partial charge < -0.3 is 9.84 Å². The van der Waals surface area contributed by atoms with Gasteiger partial charge in [0.2, 0.25) is 10.0 Å². The summed E-state index contributed by atoms with van der Waals surface area (Å²) in [7, 11) is -3.91. The normalized spacial score (nSPS) is 15.3. The first-order chi connectivity index (χ1) is 10.0. The van der Waals surface area contributed by atoms with Gasteiger partial charge in [-0.1, -0.05) is 6.07 Å². The summed E-state index contributed by atoms with van der Waals surface area (Å²) in [5.41, 5.74) is 0.351. The summed E-state index contributed by atoms with van der Waals surface area (Å²) >= 11 is 0. The smallest absolute Gasteiger partial charge is 0.243 e. The molecule has 7 heteroatoms. The molecule has 118 valence electrons. The number of ether oxygens (including phenoxy) is 1. The minimum Gasteiger partial charge on any atom is -0.392 e. The van der Waals surface area contributed by atoms with Crippen molar-refractivity contribution in [3.63, 3.8) is 0 Å². The number of aliphatic hydroxyl groups excluding tert-OH is 1. The molecule has 2 rings (SSSR count). The van der Waals surface area contributed by atoms with Gasteiger partial charge >= 0.3 is 0 Å². The second-order valence-corrected chi connectivity index (χ2v) is 6.93. The van der Waals surface area contributed by atoms with E-state index in [0.717, 1.165) is 18.7 Å². The lowest BCUT2D eigenvalue weighted by atomic mass is 10.2. The van der Waals surface area contributed by atoms with Crippen LogP contribution in [0.4, 0.5) is 4.39 Å². The van der Waals surface area contributed by atoms with Crippen LogP contribution in [-0.2, 0) is 21.4 Å². The average Bonchev–Trinajstić information content (AvgIpc) is 3.27. The highest BCUT2D eigenvalue weighted by molar-refractivity contribution is 7.89. The fourth-order valence-corrected chi connectivity index (χ4v) is 3.04. The van der Waals surface area contributed by atoms with E-state index in [1.165, 1.54) is 18.9 Å². The predicted molar refractivity (Wildman–Crippen MR) is 75.7 cm³/mol. The minimum atomic E-state index is -3.91. The van der Waals surface area contributed by atoms with Crippen molar-refractivity contribution in [2.45, 2.75) is 30.8 Å². The number of halogens is 1. The Balaban J connectivity index is 1.82. The maximum Gasteiger partial charge on any atom is 0.243 e. The molecule has 1 aliphatic rings. The number of aliphatic hydroxyl groups is 1. The van der Waals surface area contributed by atoms with E-state index in [1.54, 1.807) is 0 Å². The topological polar surface area (TPSA) is 75.6 Å². The molecule has 1 fully saturated rings. The second-order valence-electron chi connectivity index (χ2n) is 5.19. The van der Waals surface area contributed by atoms with Crippen LogP contribution in [0, 0.1) is 11.7 Å². The monoisotopic (exact) mass is 317 g/mol. The Hall–Kier alpha value is -1.02. The molecule has 0 radical (unpaired) electrons. The fraction of sp³-hybridized carbons (Fsp3) is 0.571. The van der Waals surface area contributed by atoms with Crippen LogP contribution in [0.15, 0.2) is 23.1 Å². The number of benzene rings is 1. The summed E-state index contributed by atoms with van der Waals surface area (Å²) in [4.78, 5) is -0.437. The largest absolute Gasteiger partial charge is 0.392 e. The summed E-state index contributed by atoms with van der Waals surface area (Å²) in [5.74, 6) is -0.151. The van der Waals surface area contributed by atoms with Gasteiger partial charge in [-0.15, -0.1) is 0 Å². The zero-order chi connectivity index (χ0) is 15.3. The van der Waals surface area contributed by atoms with E-state index in [0.29, 0.717) is 24.5 Å². The number of hydrogen-bond donors (Lipinski definition) is 2. The van der Waals surface area contributed by atoms with E-state index in [9.17, 15) is 12.8 Å². The molecule has 0 atom stereocenters. The third-order valence-electron chi connectivity index (χ3n) is 3.28. The van der Waals surface area contributed by atoms with Gasteiger partial charge in [0.15, 0.2) is 0 Å². The quantitative estimate of drug-likeness (QED) is 0.675. The average molecular weight is 317 g/mol. The van der Waals surface area contributed by atoms with E-state index in [-0.39, 0.29) is 13.2 Å². The van der Waals surface area contributed by atoms with E-state index in [1.807, 2.05) is 0 Å². The molecule has 2 N–H and O–H groups in total. The molecular weight excluding hydrogens is 297 g/mol. The zero-order valence-corrected chi connectivity index (χ0v) is 12.5. The molecule has 0 heterocycles. The first kappa shape index (κ1) is 16.4. The molecule has 0 amide bonds. The van der Waals surface area contributed by atoms with E-state index >= 15 is 0 Å². The van der Waals surface area contributed by atoms with Crippen molar-refractivity contribution in [2.75, 3.05) is 19.8 Å². The first-order valence-corrected chi connectivity index (χ1v) is 8.48. The molecule has 1 aromatic carbocycles. The molecule has 0 saturated heterocycles. The Bertz CT molecular complexity index is 572. The standard InChI is InChI=1S/C14H20FNO4S/c15-13-5-4-12(9-17)8-14(13)21(18,19)16-6-1-7-20-10-11-2-3-11/h4-5,8,11,16-17H,1-3,6-7,9-10H2. The molecule has 0 unspecified atom stereocenters. The molecule has 1 aromatic rings. The zero-order valence-electron chi connectivity index (χ0n) is 11.7. The van der Waals surface area contributed by atoms with Crippen LogP contribution in [0.1, 0.15) is 24.8 Å². The van der Waals surface area contributed by atoms with Crippen LogP contribution in [0.2, 0.25) is 0 Å². The Labute approximate surface area is 124 Å². The van der Waals surface area contributed by atoms with Crippen molar-refractivity contribution < 1.29 is 22.7 Å². The molecule has 0 spiro atoms. The molecule has 0 aromatic heterocycles. The summed E-state index contributed by atoms with van der Waals surface area (Å²) in [6.45, 7) is 1.08. The maximum absolute atomic E-state index is 13.6. The lowest BCUT2D eigenvalue weighted by Crippen LogP contribution is -2.26. The van der Waals surface area contributed by atoms with Gasteiger partial charge in [0.1, 0.15) is 10.7 Å². The van der Waals surface area contributed by atoms with Crippen LogP contribution in [0.25, 0.3) is 0 Å². The first-order valence-electron chi connectivity index (χ1n) is 6.99. The summed E-state index contributed by atoms with van der Waals surface area (Å²) in [6.07, 6.45) is 2.97. The Kier molecular flexibility index (Phi) is 5.69. The molecular formula is C14H20FNO4S. The van der Waals surface area contributed by atoms with Gasteiger partial charge in [0.05, 0.1) is 6.61 Å². The second kappa shape index (κ2) is 7.31. The molecule has 1 saturated carbocycles. The van der Waals surface area contributed by atoms with E-state index in [4.69, 9.17) is 9.84 Å². The third-order valence-corrected chi connectivity index (χ3v) is 4.75. The lowest BCUT2D eigenvalue weighted by molar-refractivity contribution is 0.123. The van der Waals surface area contributed by atoms with Crippen molar-refractivity contribution in [3.8, 4) is 0 Å². The van der Waals surface area contributed by atoms with Crippen LogP contribution < -0.4 is 4.72 Å². The molecule has 0 bridgehead atoms. The predicted octanol–water partition coefficient (Wildman–Crippen LogP) is 1.41. The van der Waals surface area contributed by atoms with E-state index < -0.39 is 20.7 Å². The number of nitrogens with one attached hydrogen (secondary N) is 1. The molecule has 1 aliphatic carbocycles. The minimum absolute atomic E-state index is 0.190. The van der Waals surface area contributed by atoms with Gasteiger partial charge in [0, 0.05) is 19.8 Å².